The van der Waals surface area contributed by atoms with Crippen LogP contribution in [0.15, 0.2) is 0 Å². The van der Waals surface area contributed by atoms with Crippen LogP contribution in [0.3, 0.4) is 0 Å². The highest BCUT2D eigenvalue weighted by atomic mass is 35.5. The number of nitrogens with one attached hydrogen (secondary N) is 2. The predicted octanol–water partition coefficient (Wildman–Crippen LogP) is -0.0636. The molecule has 3 N–H and O–H groups in total. The van der Waals surface area contributed by atoms with Crippen molar-refractivity contribution < 1.29 is 5.11 Å². The molecule has 0 aromatic heterocycles. The molecule has 0 fully saturated rings. The fourth-order valence-corrected chi connectivity index (χ4v) is 0.269. The van der Waals surface area contributed by atoms with E-state index >= 15 is 0 Å². The van der Waals surface area contributed by atoms with Gasteiger partial charge >= 0.3 is 0 Å². The fraction of sp³-hybridized carbons (Fsp3) is 1.00. The van der Waals surface area contributed by atoms with Gasteiger partial charge in [0.15, 0.2) is 0 Å². The molecule has 0 aliphatic heterocycles. The number of aliphatic hydroxyl groups is 1. The Balaban J connectivity index is -0.000000180. The van der Waals surface area contributed by atoms with E-state index < -0.39 is 0 Å². The summed E-state index contributed by atoms with van der Waals surface area (Å²) in [4.78, 5) is 0. The molecule has 0 aromatic carbocycles. The van der Waals surface area contributed by atoms with Crippen molar-refractivity contribution in [2.75, 3.05) is 19.7 Å². The van der Waals surface area contributed by atoms with Gasteiger partial charge in [0.2, 0.25) is 0 Å². The third-order valence-electron chi connectivity index (χ3n) is 0.539. The SMILES string of the molecule is CCNNCCO.Cl.Cl. The molecule has 0 aliphatic carbocycles. The molecule has 0 rings (SSSR count). The van der Waals surface area contributed by atoms with Crippen LogP contribution in [0.2, 0.25) is 0 Å². The van der Waals surface area contributed by atoms with Crippen LogP contribution in [-0.4, -0.2) is 24.8 Å². The van der Waals surface area contributed by atoms with E-state index in [1.165, 1.54) is 0 Å². The van der Waals surface area contributed by atoms with Gasteiger partial charge in [-0.3, -0.25) is 10.9 Å². The smallest absolute Gasteiger partial charge is 0.0569 e. The van der Waals surface area contributed by atoms with Crippen molar-refractivity contribution >= 4 is 24.8 Å². The van der Waals surface area contributed by atoms with Crippen LogP contribution in [0.1, 0.15) is 6.92 Å². The lowest BCUT2D eigenvalue weighted by Crippen LogP contribution is -2.33. The minimum atomic E-state index is 0. The quantitative estimate of drug-likeness (QED) is 0.416. The van der Waals surface area contributed by atoms with Crippen molar-refractivity contribution in [3.63, 3.8) is 0 Å². The normalized spacial score (nSPS) is 7.33. The van der Waals surface area contributed by atoms with Crippen LogP contribution in [0.5, 0.6) is 0 Å². The van der Waals surface area contributed by atoms with E-state index in [-0.39, 0.29) is 31.4 Å². The summed E-state index contributed by atoms with van der Waals surface area (Å²) in [7, 11) is 0. The number of aliphatic hydroxyl groups excluding tert-OH is 1. The Kier molecular flexibility index (Phi) is 28.5. The zero-order chi connectivity index (χ0) is 5.54. The summed E-state index contributed by atoms with van der Waals surface area (Å²) in [6.07, 6.45) is 0. The van der Waals surface area contributed by atoms with Gasteiger partial charge in [0.25, 0.3) is 0 Å². The fourth-order valence-electron chi connectivity index (χ4n) is 0.269. The average Bonchev–Trinajstić information content (AvgIpc) is 1.69. The molecular weight excluding hydrogens is 163 g/mol. The first kappa shape index (κ1) is 16.2. The van der Waals surface area contributed by atoms with Crippen LogP contribution in [0.25, 0.3) is 0 Å². The van der Waals surface area contributed by atoms with Crippen molar-refractivity contribution in [1.29, 1.82) is 0 Å². The Morgan fingerprint density at radius 3 is 2.11 bits per heavy atom. The number of halogens is 2. The third kappa shape index (κ3) is 17.7. The van der Waals surface area contributed by atoms with Crippen molar-refractivity contribution in [3.8, 4) is 0 Å². The first-order valence-corrected chi connectivity index (χ1v) is 2.48. The van der Waals surface area contributed by atoms with E-state index in [1.807, 2.05) is 6.92 Å². The lowest BCUT2D eigenvalue weighted by atomic mass is 10.7. The molecule has 0 saturated heterocycles. The molecule has 0 atom stereocenters. The molecule has 9 heavy (non-hydrogen) atoms. The Labute approximate surface area is 68.0 Å². The third-order valence-corrected chi connectivity index (χ3v) is 0.539. The maximum atomic E-state index is 8.19. The predicted molar refractivity (Wildman–Crippen MR) is 43.3 cm³/mol. The molecular formula is C4H14Cl2N2O. The molecule has 0 saturated carbocycles. The summed E-state index contributed by atoms with van der Waals surface area (Å²) >= 11 is 0. The van der Waals surface area contributed by atoms with Gasteiger partial charge < -0.3 is 5.11 Å². The number of hydrogen-bond acceptors (Lipinski definition) is 3. The summed E-state index contributed by atoms with van der Waals surface area (Å²) in [5.41, 5.74) is 5.62. The second kappa shape index (κ2) is 15.8. The molecule has 0 unspecified atom stereocenters. The zero-order valence-corrected chi connectivity index (χ0v) is 7.02. The van der Waals surface area contributed by atoms with Crippen LogP contribution in [0.4, 0.5) is 0 Å². The van der Waals surface area contributed by atoms with Gasteiger partial charge in [-0.1, -0.05) is 6.92 Å². The van der Waals surface area contributed by atoms with Crippen molar-refractivity contribution in [2.24, 2.45) is 0 Å². The highest BCUT2D eigenvalue weighted by molar-refractivity contribution is 5.85. The number of rotatable bonds is 4. The van der Waals surface area contributed by atoms with E-state index in [9.17, 15) is 0 Å². The molecule has 0 heterocycles. The van der Waals surface area contributed by atoms with E-state index in [2.05, 4.69) is 10.9 Å². The lowest BCUT2D eigenvalue weighted by molar-refractivity contribution is 0.284. The summed E-state index contributed by atoms with van der Waals surface area (Å²) in [6.45, 7) is 3.69. The first-order chi connectivity index (χ1) is 3.41. The first-order valence-electron chi connectivity index (χ1n) is 2.48. The molecule has 0 bridgehead atoms. The van der Waals surface area contributed by atoms with Gasteiger partial charge in [-0.25, -0.2) is 0 Å². The second-order valence-corrected chi connectivity index (χ2v) is 1.18. The summed E-state index contributed by atoms with van der Waals surface area (Å²) < 4.78 is 0. The molecule has 60 valence electrons. The van der Waals surface area contributed by atoms with Crippen LogP contribution in [0, 0.1) is 0 Å². The maximum Gasteiger partial charge on any atom is 0.0569 e. The Morgan fingerprint density at radius 1 is 1.22 bits per heavy atom. The Bertz CT molecular complexity index is 35.7. The van der Waals surface area contributed by atoms with E-state index in [0.29, 0.717) is 6.54 Å². The number of hydrogen-bond donors (Lipinski definition) is 3. The van der Waals surface area contributed by atoms with Crippen molar-refractivity contribution in [2.45, 2.75) is 6.92 Å². The highest BCUT2D eigenvalue weighted by Gasteiger charge is 1.75. The lowest BCUT2D eigenvalue weighted by Gasteiger charge is -1.98. The number of hydrazine groups is 1. The van der Waals surface area contributed by atoms with Crippen LogP contribution >= 0.6 is 24.8 Å². The van der Waals surface area contributed by atoms with Gasteiger partial charge in [-0.05, 0) is 0 Å². The maximum absolute atomic E-state index is 8.19. The molecule has 0 spiro atoms. The zero-order valence-electron chi connectivity index (χ0n) is 5.39. The van der Waals surface area contributed by atoms with Gasteiger partial charge in [0.1, 0.15) is 0 Å². The topological polar surface area (TPSA) is 44.3 Å². The van der Waals surface area contributed by atoms with Crippen LogP contribution in [-0.2, 0) is 0 Å². The van der Waals surface area contributed by atoms with Gasteiger partial charge in [0.05, 0.1) is 6.61 Å². The molecule has 0 radical (unpaired) electrons. The summed E-state index contributed by atoms with van der Waals surface area (Å²) in [5, 5.41) is 8.19. The monoisotopic (exact) mass is 176 g/mol. The van der Waals surface area contributed by atoms with Gasteiger partial charge in [-0.2, -0.15) is 0 Å². The molecule has 3 nitrogen and oxygen atoms in total. The Hall–Kier alpha value is 0.460. The Morgan fingerprint density at radius 2 is 1.78 bits per heavy atom. The van der Waals surface area contributed by atoms with E-state index in [4.69, 9.17) is 5.11 Å². The minimum absolute atomic E-state index is 0. The molecule has 0 amide bonds. The molecule has 5 heteroatoms. The standard InChI is InChI=1S/C4H12N2O.2ClH/c1-2-5-6-3-4-7;;/h5-7H,2-4H2,1H3;2*1H. The molecule has 0 aliphatic rings. The molecule has 0 aromatic rings. The van der Waals surface area contributed by atoms with Crippen LogP contribution < -0.4 is 10.9 Å². The van der Waals surface area contributed by atoms with E-state index in [0.717, 1.165) is 6.54 Å². The largest absolute Gasteiger partial charge is 0.395 e. The van der Waals surface area contributed by atoms with Crippen molar-refractivity contribution in [3.05, 3.63) is 0 Å². The minimum Gasteiger partial charge on any atom is -0.395 e. The second-order valence-electron chi connectivity index (χ2n) is 1.18. The summed E-state index contributed by atoms with van der Waals surface area (Å²) in [5.74, 6) is 0. The van der Waals surface area contributed by atoms with Crippen molar-refractivity contribution in [1.82, 2.24) is 10.9 Å². The highest BCUT2D eigenvalue weighted by Crippen LogP contribution is 1.48. The van der Waals surface area contributed by atoms with E-state index in [1.54, 1.807) is 0 Å². The van der Waals surface area contributed by atoms with Gasteiger partial charge in [-0.15, -0.1) is 24.8 Å². The average molecular weight is 177 g/mol. The van der Waals surface area contributed by atoms with Gasteiger partial charge in [0, 0.05) is 13.1 Å². The summed E-state index contributed by atoms with van der Waals surface area (Å²) in [6, 6.07) is 0.